The molecule has 2 heteroatoms. The third-order valence-electron chi connectivity index (χ3n) is 4.97. The van der Waals surface area contributed by atoms with Crippen molar-refractivity contribution in [2.75, 3.05) is 0 Å². The highest BCUT2D eigenvalue weighted by molar-refractivity contribution is 5.93. The lowest BCUT2D eigenvalue weighted by atomic mass is 9.89. The molecule has 128 valence electrons. The molecule has 0 bridgehead atoms. The monoisotopic (exact) mass is 338 g/mol. The van der Waals surface area contributed by atoms with E-state index < -0.39 is 0 Å². The van der Waals surface area contributed by atoms with Crippen LogP contribution in [0.4, 0.5) is 0 Å². The van der Waals surface area contributed by atoms with Crippen molar-refractivity contribution in [1.82, 2.24) is 0 Å². The molecule has 0 saturated carbocycles. The largest absolute Gasteiger partial charge is 0.326 e. The second-order valence-electron chi connectivity index (χ2n) is 6.46. The highest BCUT2D eigenvalue weighted by Gasteiger charge is 2.12. The van der Waals surface area contributed by atoms with Gasteiger partial charge in [0, 0.05) is 13.1 Å². The topological polar surface area (TPSA) is 52.0 Å². The molecule has 0 saturated heterocycles. The Morgan fingerprint density at radius 1 is 0.577 bits per heavy atom. The standard InChI is InChI=1S/C24H22N2/c25-15-20-11-10-19(17-6-2-1-3-7-17)14-23(20)22-13-12-18-8-4-5-9-21(18)24(22)16-26/h1-14H,15-16,25-26H2. The molecule has 26 heavy (non-hydrogen) atoms. The molecule has 0 unspecified atom stereocenters. The molecule has 0 spiro atoms. The quantitative estimate of drug-likeness (QED) is 0.544. The summed E-state index contributed by atoms with van der Waals surface area (Å²) >= 11 is 0. The van der Waals surface area contributed by atoms with E-state index in [1.54, 1.807) is 0 Å². The Morgan fingerprint density at radius 2 is 1.35 bits per heavy atom. The van der Waals surface area contributed by atoms with Crippen molar-refractivity contribution in [3.63, 3.8) is 0 Å². The lowest BCUT2D eigenvalue weighted by molar-refractivity contribution is 1.06. The van der Waals surface area contributed by atoms with Crippen molar-refractivity contribution in [1.29, 1.82) is 0 Å². The second-order valence-corrected chi connectivity index (χ2v) is 6.46. The molecule has 0 atom stereocenters. The van der Waals surface area contributed by atoms with Crippen LogP contribution in [0.25, 0.3) is 33.0 Å². The number of rotatable bonds is 4. The van der Waals surface area contributed by atoms with E-state index in [-0.39, 0.29) is 0 Å². The van der Waals surface area contributed by atoms with Crippen LogP contribution in [0.1, 0.15) is 11.1 Å². The van der Waals surface area contributed by atoms with Gasteiger partial charge < -0.3 is 11.5 Å². The Labute approximate surface area is 154 Å². The summed E-state index contributed by atoms with van der Waals surface area (Å²) in [6.45, 7) is 0.998. The van der Waals surface area contributed by atoms with Gasteiger partial charge in [-0.15, -0.1) is 0 Å². The van der Waals surface area contributed by atoms with Crippen molar-refractivity contribution in [3.8, 4) is 22.3 Å². The lowest BCUT2D eigenvalue weighted by Gasteiger charge is -2.16. The van der Waals surface area contributed by atoms with Crippen LogP contribution in [0.5, 0.6) is 0 Å². The van der Waals surface area contributed by atoms with Gasteiger partial charge in [-0.25, -0.2) is 0 Å². The van der Waals surface area contributed by atoms with E-state index in [9.17, 15) is 0 Å². The molecular weight excluding hydrogens is 316 g/mol. The first-order chi connectivity index (χ1) is 12.8. The summed E-state index contributed by atoms with van der Waals surface area (Å²) in [5.74, 6) is 0. The van der Waals surface area contributed by atoms with Crippen LogP contribution in [0.2, 0.25) is 0 Å². The van der Waals surface area contributed by atoms with E-state index >= 15 is 0 Å². The zero-order valence-corrected chi connectivity index (χ0v) is 14.7. The van der Waals surface area contributed by atoms with E-state index in [2.05, 4.69) is 78.9 Å². The summed E-state index contributed by atoms with van der Waals surface area (Å²) in [5.41, 5.74) is 19.2. The van der Waals surface area contributed by atoms with E-state index in [4.69, 9.17) is 11.5 Å². The summed E-state index contributed by atoms with van der Waals surface area (Å²) in [6.07, 6.45) is 0. The SMILES string of the molecule is NCc1ccc(-c2ccccc2)cc1-c1ccc2ccccc2c1CN. The van der Waals surface area contributed by atoms with Gasteiger partial charge in [-0.1, -0.05) is 78.9 Å². The molecular formula is C24H22N2. The van der Waals surface area contributed by atoms with Crippen molar-refractivity contribution < 1.29 is 0 Å². The molecule has 0 aromatic heterocycles. The predicted octanol–water partition coefficient (Wildman–Crippen LogP) is 5.09. The zero-order chi connectivity index (χ0) is 17.9. The van der Waals surface area contributed by atoms with Crippen LogP contribution in [0.15, 0.2) is 84.9 Å². The van der Waals surface area contributed by atoms with Gasteiger partial charge in [-0.05, 0) is 50.2 Å². The zero-order valence-electron chi connectivity index (χ0n) is 14.7. The molecule has 0 aliphatic heterocycles. The number of hydrogen-bond donors (Lipinski definition) is 2. The maximum Gasteiger partial charge on any atom is 0.0190 e. The second kappa shape index (κ2) is 7.12. The Kier molecular flexibility index (Phi) is 4.53. The van der Waals surface area contributed by atoms with Gasteiger partial charge in [-0.3, -0.25) is 0 Å². The molecule has 0 aliphatic rings. The van der Waals surface area contributed by atoms with Crippen LogP contribution in [0.3, 0.4) is 0 Å². The number of hydrogen-bond acceptors (Lipinski definition) is 2. The van der Waals surface area contributed by atoms with Crippen LogP contribution >= 0.6 is 0 Å². The van der Waals surface area contributed by atoms with Crippen LogP contribution in [-0.2, 0) is 13.1 Å². The number of benzene rings is 4. The summed E-state index contributed by atoms with van der Waals surface area (Å²) in [6, 6.07) is 29.7. The van der Waals surface area contributed by atoms with Crippen molar-refractivity contribution >= 4 is 10.8 Å². The Balaban J connectivity index is 1.96. The summed E-state index contributed by atoms with van der Waals surface area (Å²) in [5, 5.41) is 2.42. The summed E-state index contributed by atoms with van der Waals surface area (Å²) < 4.78 is 0. The number of fused-ring (bicyclic) bond motifs is 1. The van der Waals surface area contributed by atoms with Crippen molar-refractivity contribution in [2.24, 2.45) is 11.5 Å². The van der Waals surface area contributed by atoms with Gasteiger partial charge >= 0.3 is 0 Å². The molecule has 0 heterocycles. The fourth-order valence-electron chi connectivity index (χ4n) is 3.62. The Morgan fingerprint density at radius 3 is 2.12 bits per heavy atom. The Bertz CT molecular complexity index is 1050. The third-order valence-corrected chi connectivity index (χ3v) is 4.97. The van der Waals surface area contributed by atoms with Crippen LogP contribution in [-0.4, -0.2) is 0 Å². The van der Waals surface area contributed by atoms with Gasteiger partial charge in [-0.2, -0.15) is 0 Å². The molecule has 2 nitrogen and oxygen atoms in total. The average molecular weight is 338 g/mol. The van der Waals surface area contributed by atoms with Gasteiger partial charge in [0.05, 0.1) is 0 Å². The molecule has 4 N–H and O–H groups in total. The van der Waals surface area contributed by atoms with Crippen LogP contribution in [0, 0.1) is 0 Å². The first-order valence-corrected chi connectivity index (χ1v) is 8.91. The number of nitrogens with two attached hydrogens (primary N) is 2. The summed E-state index contributed by atoms with van der Waals surface area (Å²) in [4.78, 5) is 0. The van der Waals surface area contributed by atoms with E-state index in [0.717, 1.165) is 5.56 Å². The lowest BCUT2D eigenvalue weighted by Crippen LogP contribution is -2.04. The maximum absolute atomic E-state index is 6.16. The minimum atomic E-state index is 0.496. The molecule has 0 radical (unpaired) electrons. The highest BCUT2D eigenvalue weighted by Crippen LogP contribution is 2.34. The maximum atomic E-state index is 6.16. The van der Waals surface area contributed by atoms with E-state index in [1.165, 1.54) is 38.6 Å². The molecule has 0 aliphatic carbocycles. The van der Waals surface area contributed by atoms with E-state index in [0.29, 0.717) is 13.1 Å². The molecule has 4 aromatic rings. The predicted molar refractivity (Wildman–Crippen MR) is 111 cm³/mol. The molecule has 0 fully saturated rings. The van der Waals surface area contributed by atoms with E-state index in [1.807, 2.05) is 6.07 Å². The average Bonchev–Trinajstić information content (AvgIpc) is 2.73. The van der Waals surface area contributed by atoms with Gasteiger partial charge in [0.2, 0.25) is 0 Å². The normalized spacial score (nSPS) is 11.0. The molecule has 4 rings (SSSR count). The Hall–Kier alpha value is -2.94. The fraction of sp³-hybridized carbons (Fsp3) is 0.0833. The fourth-order valence-corrected chi connectivity index (χ4v) is 3.62. The third kappa shape index (κ3) is 2.90. The minimum Gasteiger partial charge on any atom is -0.326 e. The highest BCUT2D eigenvalue weighted by atomic mass is 14.5. The van der Waals surface area contributed by atoms with Gasteiger partial charge in [0.25, 0.3) is 0 Å². The minimum absolute atomic E-state index is 0.496. The smallest absolute Gasteiger partial charge is 0.0190 e. The summed E-state index contributed by atoms with van der Waals surface area (Å²) in [7, 11) is 0. The van der Waals surface area contributed by atoms with Gasteiger partial charge in [0.15, 0.2) is 0 Å². The molecule has 4 aromatic carbocycles. The van der Waals surface area contributed by atoms with Crippen molar-refractivity contribution in [3.05, 3.63) is 96.1 Å². The van der Waals surface area contributed by atoms with Gasteiger partial charge in [0.1, 0.15) is 0 Å². The first kappa shape index (κ1) is 16.5. The molecule has 0 amide bonds. The first-order valence-electron chi connectivity index (χ1n) is 8.91. The van der Waals surface area contributed by atoms with Crippen molar-refractivity contribution in [2.45, 2.75) is 13.1 Å². The van der Waals surface area contributed by atoms with Crippen LogP contribution < -0.4 is 11.5 Å².